The van der Waals surface area contributed by atoms with Crippen molar-refractivity contribution in [2.24, 2.45) is 33.5 Å². The number of Topliss-reactive ketones (excluding diaryl/α,β-unsaturated/α-hetero) is 1. The maximum atomic E-state index is 12.9. The number of ketones is 1. The summed E-state index contributed by atoms with van der Waals surface area (Å²) in [6.45, 7) is 17.9. The molecule has 4 heteroatoms. The fourth-order valence-corrected chi connectivity index (χ4v) is 10.3. The number of hydrogen-bond acceptors (Lipinski definition) is 4. The second-order valence-corrected chi connectivity index (χ2v) is 14.7. The monoisotopic (exact) mass is 472 g/mol. The quantitative estimate of drug-likeness (QED) is 0.460. The first-order valence-corrected chi connectivity index (χ1v) is 13.9. The molecule has 2 saturated carbocycles. The molecule has 5 rings (SSSR count). The highest BCUT2D eigenvalue weighted by Crippen LogP contribution is 2.73. The van der Waals surface area contributed by atoms with Gasteiger partial charge in [0.2, 0.25) is 0 Å². The van der Waals surface area contributed by atoms with Crippen LogP contribution in [0.1, 0.15) is 113 Å². The molecule has 8 atom stereocenters. The minimum absolute atomic E-state index is 0.0423. The molecule has 1 heterocycles. The smallest absolute Gasteiger partial charge is 0.138 e. The molecule has 0 radical (unpaired) electrons. The summed E-state index contributed by atoms with van der Waals surface area (Å²) in [5.74, 6) is 0.895. The molecular weight excluding hydrogens is 424 g/mol. The van der Waals surface area contributed by atoms with E-state index in [0.717, 1.165) is 51.4 Å². The molecule has 0 bridgehead atoms. The van der Waals surface area contributed by atoms with Crippen molar-refractivity contribution in [3.05, 3.63) is 11.1 Å². The van der Waals surface area contributed by atoms with E-state index in [2.05, 4.69) is 41.5 Å². The van der Waals surface area contributed by atoms with Crippen LogP contribution in [0.4, 0.5) is 0 Å². The lowest BCUT2D eigenvalue weighted by Crippen LogP contribution is -2.60. The van der Waals surface area contributed by atoms with Crippen LogP contribution in [-0.4, -0.2) is 39.4 Å². The van der Waals surface area contributed by atoms with E-state index in [9.17, 15) is 15.0 Å². The summed E-state index contributed by atoms with van der Waals surface area (Å²) in [5.41, 5.74) is 1.91. The number of allylic oxidation sites excluding steroid dienone is 2. The lowest BCUT2D eigenvalue weighted by molar-refractivity contribution is -0.255. The highest BCUT2D eigenvalue weighted by atomic mass is 16.5. The molecule has 3 fully saturated rings. The fraction of sp³-hybridized carbons (Fsp3) is 0.900. The molecule has 0 aromatic carbocycles. The maximum Gasteiger partial charge on any atom is 0.138 e. The molecule has 34 heavy (non-hydrogen) atoms. The summed E-state index contributed by atoms with van der Waals surface area (Å²) in [6.07, 6.45) is 7.35. The number of ether oxygens (including phenoxy) is 1. The van der Waals surface area contributed by atoms with Crippen molar-refractivity contribution in [1.29, 1.82) is 0 Å². The first-order chi connectivity index (χ1) is 15.5. The van der Waals surface area contributed by atoms with Crippen molar-refractivity contribution in [2.45, 2.75) is 137 Å². The van der Waals surface area contributed by atoms with Gasteiger partial charge in [-0.3, -0.25) is 4.79 Å². The van der Waals surface area contributed by atoms with Crippen LogP contribution < -0.4 is 0 Å². The lowest BCUT2D eigenvalue weighted by atomic mass is 9.43. The van der Waals surface area contributed by atoms with E-state index in [0.29, 0.717) is 18.1 Å². The van der Waals surface area contributed by atoms with Gasteiger partial charge in [-0.1, -0.05) is 45.8 Å². The molecule has 4 nitrogen and oxygen atoms in total. The molecule has 0 aromatic heterocycles. The molecule has 0 spiro atoms. The van der Waals surface area contributed by atoms with Gasteiger partial charge in [0.25, 0.3) is 0 Å². The van der Waals surface area contributed by atoms with Crippen molar-refractivity contribution in [2.75, 3.05) is 0 Å². The van der Waals surface area contributed by atoms with Gasteiger partial charge in [0.05, 0.1) is 23.4 Å². The van der Waals surface area contributed by atoms with Gasteiger partial charge in [-0.25, -0.2) is 0 Å². The second kappa shape index (κ2) is 7.19. The highest BCUT2D eigenvalue weighted by molar-refractivity contribution is 5.85. The van der Waals surface area contributed by atoms with E-state index >= 15 is 0 Å². The largest absolute Gasteiger partial charge is 0.393 e. The summed E-state index contributed by atoms with van der Waals surface area (Å²) in [5, 5.41) is 22.3. The third kappa shape index (κ3) is 2.97. The third-order valence-corrected chi connectivity index (χ3v) is 12.3. The van der Waals surface area contributed by atoms with Crippen LogP contribution in [0, 0.1) is 33.5 Å². The van der Waals surface area contributed by atoms with Crippen molar-refractivity contribution >= 4 is 5.78 Å². The molecule has 0 amide bonds. The number of fused-ring (bicyclic) bond motifs is 4. The van der Waals surface area contributed by atoms with E-state index in [1.807, 2.05) is 13.8 Å². The zero-order valence-electron chi connectivity index (χ0n) is 22.9. The molecule has 2 N–H and O–H groups in total. The Bertz CT molecular complexity index is 932. The standard InChI is InChI=1S/C30H48O4/c1-25(2)21-10-9-19-18(27(21,5)14-12-22(25)32)11-15-28(6)24(20(31)17-29(19,28)7)30(8)16-13-23(33)26(3,4)34-30/h20-21,23-24,31,33H,9-17H2,1-8H3/t20-,21-,23-,24-,27+,28+,29-,30+/m0/s1. The fourth-order valence-electron chi connectivity index (χ4n) is 10.3. The average molecular weight is 473 g/mol. The van der Waals surface area contributed by atoms with Gasteiger partial charge >= 0.3 is 0 Å². The zero-order chi connectivity index (χ0) is 25.1. The maximum absolute atomic E-state index is 12.9. The molecule has 4 aliphatic carbocycles. The molecule has 1 aliphatic heterocycles. The SMILES string of the molecule is CC1(C)O[C@@](C)([C@H]2[C@@H](O)C[C@@]3(C)C4=C(CC[C@]23C)[C@@]2(C)CCC(=O)C(C)(C)[C@@H]2CC4)CC[C@@H]1O. The van der Waals surface area contributed by atoms with Crippen molar-refractivity contribution in [3.63, 3.8) is 0 Å². The first-order valence-electron chi connectivity index (χ1n) is 13.9. The Hall–Kier alpha value is -0.710. The van der Waals surface area contributed by atoms with Crippen molar-refractivity contribution < 1.29 is 19.7 Å². The van der Waals surface area contributed by atoms with Crippen LogP contribution in [0.5, 0.6) is 0 Å². The van der Waals surface area contributed by atoms with E-state index in [1.165, 1.54) is 0 Å². The Morgan fingerprint density at radius 2 is 1.50 bits per heavy atom. The average Bonchev–Trinajstić information content (AvgIpc) is 2.94. The Balaban J connectivity index is 1.57. The topological polar surface area (TPSA) is 66.8 Å². The molecule has 1 saturated heterocycles. The number of aliphatic hydroxyl groups excluding tert-OH is 2. The Morgan fingerprint density at radius 3 is 2.15 bits per heavy atom. The van der Waals surface area contributed by atoms with Crippen LogP contribution in [0.15, 0.2) is 11.1 Å². The van der Waals surface area contributed by atoms with E-state index in [-0.39, 0.29) is 27.6 Å². The Labute approximate surface area is 206 Å². The molecule has 5 aliphatic rings. The van der Waals surface area contributed by atoms with Crippen LogP contribution >= 0.6 is 0 Å². The number of carbonyl (C=O) groups is 1. The number of hydrogen-bond donors (Lipinski definition) is 2. The van der Waals surface area contributed by atoms with Crippen LogP contribution in [0.3, 0.4) is 0 Å². The minimum atomic E-state index is -0.604. The van der Waals surface area contributed by atoms with E-state index < -0.39 is 23.4 Å². The zero-order valence-corrected chi connectivity index (χ0v) is 22.9. The van der Waals surface area contributed by atoms with E-state index in [1.54, 1.807) is 11.1 Å². The predicted molar refractivity (Wildman–Crippen MR) is 134 cm³/mol. The van der Waals surface area contributed by atoms with E-state index in [4.69, 9.17) is 4.74 Å². The highest BCUT2D eigenvalue weighted by Gasteiger charge is 2.69. The van der Waals surface area contributed by atoms with Crippen molar-refractivity contribution in [3.8, 4) is 0 Å². The summed E-state index contributed by atoms with van der Waals surface area (Å²) in [7, 11) is 0. The normalized spacial score (nSPS) is 52.1. The summed E-state index contributed by atoms with van der Waals surface area (Å²) in [6, 6.07) is 0. The Kier molecular flexibility index (Phi) is 5.28. The van der Waals surface area contributed by atoms with Gasteiger partial charge in [0, 0.05) is 17.8 Å². The van der Waals surface area contributed by atoms with Crippen molar-refractivity contribution in [1.82, 2.24) is 0 Å². The van der Waals surface area contributed by atoms with Gasteiger partial charge in [0.15, 0.2) is 0 Å². The number of carbonyl (C=O) groups excluding carboxylic acids is 1. The molecule has 192 valence electrons. The van der Waals surface area contributed by atoms with Gasteiger partial charge in [-0.05, 0) is 94.3 Å². The lowest BCUT2D eigenvalue weighted by Gasteiger charge is -2.62. The van der Waals surface area contributed by atoms with Gasteiger partial charge in [0.1, 0.15) is 5.78 Å². The third-order valence-electron chi connectivity index (χ3n) is 12.3. The number of rotatable bonds is 1. The molecule has 0 unspecified atom stereocenters. The Morgan fingerprint density at radius 1 is 0.824 bits per heavy atom. The summed E-state index contributed by atoms with van der Waals surface area (Å²) >= 11 is 0. The van der Waals surface area contributed by atoms with Gasteiger partial charge in [-0.2, -0.15) is 0 Å². The van der Waals surface area contributed by atoms with Gasteiger partial charge in [-0.15, -0.1) is 0 Å². The summed E-state index contributed by atoms with van der Waals surface area (Å²) in [4.78, 5) is 12.9. The molecular formula is C30H48O4. The molecule has 0 aromatic rings. The van der Waals surface area contributed by atoms with Gasteiger partial charge < -0.3 is 14.9 Å². The van der Waals surface area contributed by atoms with Crippen LogP contribution in [0.25, 0.3) is 0 Å². The van der Waals surface area contributed by atoms with Crippen LogP contribution in [-0.2, 0) is 9.53 Å². The second-order valence-electron chi connectivity index (χ2n) is 14.7. The van der Waals surface area contributed by atoms with Crippen LogP contribution in [0.2, 0.25) is 0 Å². The summed E-state index contributed by atoms with van der Waals surface area (Å²) < 4.78 is 6.70. The minimum Gasteiger partial charge on any atom is -0.393 e. The first kappa shape index (κ1) is 25.0. The number of aliphatic hydroxyl groups is 2. The predicted octanol–water partition coefficient (Wildman–Crippen LogP) is 5.98.